The molecule has 1 saturated carbocycles. The Hall–Kier alpha value is -2.75. The van der Waals surface area contributed by atoms with Crippen molar-refractivity contribution in [1.82, 2.24) is 14.5 Å². The molecule has 5 rings (SSSR count). The van der Waals surface area contributed by atoms with Gasteiger partial charge in [0, 0.05) is 38.3 Å². The van der Waals surface area contributed by atoms with E-state index in [1.54, 1.807) is 4.90 Å². The first-order chi connectivity index (χ1) is 13.4. The van der Waals surface area contributed by atoms with Crippen molar-refractivity contribution < 1.29 is 23.4 Å². The van der Waals surface area contributed by atoms with E-state index in [0.717, 1.165) is 38.9 Å². The highest BCUT2D eigenvalue weighted by molar-refractivity contribution is 5.81. The van der Waals surface area contributed by atoms with Crippen molar-refractivity contribution in [3.05, 3.63) is 28.1 Å². The van der Waals surface area contributed by atoms with E-state index in [-0.39, 0.29) is 23.5 Å². The first-order valence-corrected chi connectivity index (χ1v) is 9.27. The first kappa shape index (κ1) is 17.4. The fourth-order valence-electron chi connectivity index (χ4n) is 4.24. The number of aromatic nitrogens is 2. The molecule has 3 fully saturated rings. The van der Waals surface area contributed by atoms with E-state index >= 15 is 4.39 Å². The van der Waals surface area contributed by atoms with Crippen LogP contribution in [0.4, 0.5) is 19.4 Å². The van der Waals surface area contributed by atoms with Gasteiger partial charge in [-0.15, -0.1) is 0 Å². The molecule has 3 aliphatic rings. The van der Waals surface area contributed by atoms with Gasteiger partial charge in [0.25, 0.3) is 0 Å². The summed E-state index contributed by atoms with van der Waals surface area (Å²) in [4.78, 5) is 31.9. The maximum Gasteiger partial charge on any atom is 0.511 e. The highest BCUT2D eigenvalue weighted by Gasteiger charge is 2.37. The fourth-order valence-corrected chi connectivity index (χ4v) is 4.24. The second-order valence-corrected chi connectivity index (χ2v) is 7.53. The highest BCUT2D eigenvalue weighted by atomic mass is 19.2. The molecule has 10 heteroatoms. The molecule has 2 saturated heterocycles. The molecular weight excluding hydrogens is 374 g/mol. The Morgan fingerprint density at radius 1 is 1.14 bits per heavy atom. The molecule has 28 heavy (non-hydrogen) atoms. The fraction of sp³-hybridized carbons (Fsp3) is 0.500. The lowest BCUT2D eigenvalue weighted by atomic mass is 10.1. The number of nitrogens with zero attached hydrogens (tertiary/aromatic N) is 4. The number of hydrogen-bond donors (Lipinski definition) is 1. The number of carbonyl (C=O) groups is 1. The van der Waals surface area contributed by atoms with Crippen LogP contribution >= 0.6 is 0 Å². The van der Waals surface area contributed by atoms with E-state index in [4.69, 9.17) is 5.11 Å². The Kier molecular flexibility index (Phi) is 3.80. The van der Waals surface area contributed by atoms with E-state index in [0.29, 0.717) is 6.54 Å². The van der Waals surface area contributed by atoms with E-state index in [2.05, 4.69) is 14.6 Å². The minimum absolute atomic E-state index is 0.0274. The second-order valence-electron chi connectivity index (χ2n) is 7.53. The summed E-state index contributed by atoms with van der Waals surface area (Å²) in [5.41, 5.74) is -0.991. The number of piperazine rings is 1. The molecule has 1 N–H and O–H groups in total. The van der Waals surface area contributed by atoms with Crippen molar-refractivity contribution >= 4 is 23.0 Å². The van der Waals surface area contributed by atoms with Gasteiger partial charge in [0.1, 0.15) is 11.0 Å². The van der Waals surface area contributed by atoms with Crippen LogP contribution in [0.15, 0.2) is 11.0 Å². The third-order valence-electron chi connectivity index (χ3n) is 5.75. The Morgan fingerprint density at radius 2 is 1.93 bits per heavy atom. The number of hydrogen-bond acceptors (Lipinski definition) is 6. The molecule has 8 nitrogen and oxygen atoms in total. The Labute approximate surface area is 157 Å². The molecule has 2 unspecified atom stereocenters. The van der Waals surface area contributed by atoms with Crippen LogP contribution in [0.25, 0.3) is 11.0 Å². The second kappa shape index (κ2) is 6.13. The Balaban J connectivity index is 1.72. The normalized spacial score (nSPS) is 24.0. The minimum Gasteiger partial charge on any atom is -0.449 e. The van der Waals surface area contributed by atoms with Crippen LogP contribution in [0.3, 0.4) is 0 Å². The van der Waals surface area contributed by atoms with Crippen LogP contribution in [0.2, 0.25) is 0 Å². The molecule has 2 aromatic rings. The third-order valence-corrected chi connectivity index (χ3v) is 5.75. The van der Waals surface area contributed by atoms with Crippen molar-refractivity contribution in [3.8, 4) is 5.75 Å². The standard InChI is InChI=1S/C18H18F2N4O4/c19-13-12-15(25)11(28-18(26)27)8-24(9-1-2-9)16(12)21-17(14(13)20)23-6-5-22-4-3-10(23)7-22/h8-10H,1-7H2,(H,26,27). The van der Waals surface area contributed by atoms with Gasteiger partial charge in [-0.25, -0.2) is 14.2 Å². The predicted molar refractivity (Wildman–Crippen MR) is 95.0 cm³/mol. The number of halogens is 2. The quantitative estimate of drug-likeness (QED) is 0.799. The van der Waals surface area contributed by atoms with Crippen LogP contribution in [0.1, 0.15) is 25.3 Å². The molecule has 0 radical (unpaired) electrons. The number of ether oxygens (including phenoxy) is 1. The predicted octanol–water partition coefficient (Wildman–Crippen LogP) is 1.96. The van der Waals surface area contributed by atoms with Gasteiger partial charge in [-0.2, -0.15) is 4.39 Å². The van der Waals surface area contributed by atoms with Crippen LogP contribution in [0, 0.1) is 11.6 Å². The number of pyridine rings is 2. The summed E-state index contributed by atoms with van der Waals surface area (Å²) in [6.07, 6.45) is 1.95. The number of anilines is 1. The van der Waals surface area contributed by atoms with Crippen LogP contribution < -0.4 is 15.1 Å². The van der Waals surface area contributed by atoms with Gasteiger partial charge in [0.2, 0.25) is 11.2 Å². The van der Waals surface area contributed by atoms with E-state index in [1.165, 1.54) is 10.8 Å². The lowest BCUT2D eigenvalue weighted by Crippen LogP contribution is -2.47. The summed E-state index contributed by atoms with van der Waals surface area (Å²) in [5.74, 6) is -3.13. The van der Waals surface area contributed by atoms with E-state index in [1.807, 2.05) is 0 Å². The number of rotatable bonds is 3. The van der Waals surface area contributed by atoms with Gasteiger partial charge < -0.3 is 19.3 Å². The summed E-state index contributed by atoms with van der Waals surface area (Å²) in [7, 11) is 0. The smallest absolute Gasteiger partial charge is 0.449 e. The van der Waals surface area contributed by atoms with E-state index in [9.17, 15) is 14.0 Å². The molecule has 0 amide bonds. The maximum atomic E-state index is 15.0. The van der Waals surface area contributed by atoms with Crippen molar-refractivity contribution in [1.29, 1.82) is 0 Å². The van der Waals surface area contributed by atoms with Gasteiger partial charge >= 0.3 is 6.16 Å². The summed E-state index contributed by atoms with van der Waals surface area (Å²) >= 11 is 0. The third kappa shape index (κ3) is 2.62. The Morgan fingerprint density at radius 3 is 2.64 bits per heavy atom. The topological polar surface area (TPSA) is 87.9 Å². The summed E-state index contributed by atoms with van der Waals surface area (Å²) in [5, 5.41) is 8.27. The molecule has 0 spiro atoms. The SMILES string of the molecule is O=C(O)Oc1cn(C2CC2)c2nc(N3CCN4CCC3C4)c(F)c(F)c2c1=O. The molecule has 148 valence electrons. The zero-order valence-corrected chi connectivity index (χ0v) is 14.9. The van der Waals surface area contributed by atoms with Gasteiger partial charge in [-0.05, 0) is 19.3 Å². The summed E-state index contributed by atoms with van der Waals surface area (Å²) in [6, 6.07) is 0.0103. The molecule has 2 aromatic heterocycles. The maximum absolute atomic E-state index is 15.0. The molecule has 1 aliphatic carbocycles. The first-order valence-electron chi connectivity index (χ1n) is 9.27. The number of fused-ring (bicyclic) bond motifs is 3. The lowest BCUT2D eigenvalue weighted by molar-refractivity contribution is 0.143. The monoisotopic (exact) mass is 392 g/mol. The molecule has 2 atom stereocenters. The van der Waals surface area contributed by atoms with Crippen LogP contribution in [-0.4, -0.2) is 57.9 Å². The van der Waals surface area contributed by atoms with E-state index < -0.39 is 34.4 Å². The lowest BCUT2D eigenvalue weighted by Gasteiger charge is -2.35. The van der Waals surface area contributed by atoms with Gasteiger partial charge in [-0.1, -0.05) is 0 Å². The molecule has 0 aromatic carbocycles. The van der Waals surface area contributed by atoms with Crippen molar-refractivity contribution in [2.45, 2.75) is 31.3 Å². The van der Waals surface area contributed by atoms with Crippen molar-refractivity contribution in [3.63, 3.8) is 0 Å². The number of carboxylic acid groups (broad SMARTS) is 1. The van der Waals surface area contributed by atoms with Gasteiger partial charge in [0.05, 0.1) is 6.20 Å². The molecular formula is C18H18F2N4O4. The molecule has 2 aliphatic heterocycles. The Bertz CT molecular complexity index is 1050. The van der Waals surface area contributed by atoms with Crippen molar-refractivity contribution in [2.75, 3.05) is 31.1 Å². The average Bonchev–Trinajstić information content (AvgIpc) is 3.43. The van der Waals surface area contributed by atoms with Gasteiger partial charge in [0.15, 0.2) is 17.4 Å². The molecule has 2 bridgehead atoms. The zero-order chi connectivity index (χ0) is 19.6. The van der Waals surface area contributed by atoms with Crippen molar-refractivity contribution in [2.24, 2.45) is 0 Å². The van der Waals surface area contributed by atoms with Crippen LogP contribution in [0.5, 0.6) is 5.75 Å². The zero-order valence-electron chi connectivity index (χ0n) is 14.9. The summed E-state index contributed by atoms with van der Waals surface area (Å²) < 4.78 is 36.0. The van der Waals surface area contributed by atoms with Crippen LogP contribution in [-0.2, 0) is 0 Å². The minimum atomic E-state index is -1.69. The largest absolute Gasteiger partial charge is 0.511 e. The van der Waals surface area contributed by atoms with Gasteiger partial charge in [-0.3, -0.25) is 9.69 Å². The highest BCUT2D eigenvalue weighted by Crippen LogP contribution is 2.39. The molecule has 4 heterocycles. The summed E-state index contributed by atoms with van der Waals surface area (Å²) in [6.45, 7) is 2.98. The average molecular weight is 392 g/mol.